The van der Waals surface area contributed by atoms with Crippen molar-refractivity contribution in [2.75, 3.05) is 6.61 Å². The minimum atomic E-state index is -0.317. The fourth-order valence-electron chi connectivity index (χ4n) is 0.265. The first-order valence-electron chi connectivity index (χ1n) is 2.56. The van der Waals surface area contributed by atoms with Crippen molar-refractivity contribution in [2.45, 2.75) is 12.3 Å². The lowest BCUT2D eigenvalue weighted by atomic mass is 10.4. The van der Waals surface area contributed by atoms with Gasteiger partial charge in [0, 0.05) is 6.92 Å². The van der Waals surface area contributed by atoms with E-state index in [2.05, 4.69) is 11.3 Å². The Morgan fingerprint density at radius 3 is 2.89 bits per heavy atom. The van der Waals surface area contributed by atoms with Crippen molar-refractivity contribution in [1.82, 2.24) is 0 Å². The van der Waals surface area contributed by atoms with Gasteiger partial charge in [-0.05, 0) is 0 Å². The molecule has 1 atom stereocenters. The molecule has 0 aliphatic carbocycles. The lowest BCUT2D eigenvalue weighted by Crippen LogP contribution is -2.08. The predicted molar refractivity (Wildman–Crippen MR) is 36.5 cm³/mol. The van der Waals surface area contributed by atoms with Gasteiger partial charge in [-0.25, -0.2) is 0 Å². The zero-order valence-corrected chi connectivity index (χ0v) is 6.02. The van der Waals surface area contributed by atoms with E-state index in [9.17, 15) is 4.79 Å². The summed E-state index contributed by atoms with van der Waals surface area (Å²) in [5, 5.41) is -0.270. The molecule has 2 nitrogen and oxygen atoms in total. The molecule has 9 heavy (non-hydrogen) atoms. The van der Waals surface area contributed by atoms with Gasteiger partial charge in [0.1, 0.15) is 6.61 Å². The minimum Gasteiger partial charge on any atom is -0.464 e. The van der Waals surface area contributed by atoms with Gasteiger partial charge in [-0.15, -0.1) is 18.2 Å². The summed E-state index contributed by atoms with van der Waals surface area (Å²) in [7, 11) is 0. The van der Waals surface area contributed by atoms with Crippen LogP contribution in [0.5, 0.6) is 0 Å². The first kappa shape index (κ1) is 8.50. The Bertz CT molecular complexity index is 112. The van der Waals surface area contributed by atoms with Gasteiger partial charge in [-0.2, -0.15) is 0 Å². The molecule has 0 aliphatic rings. The lowest BCUT2D eigenvalue weighted by molar-refractivity contribution is -0.140. The van der Waals surface area contributed by atoms with E-state index in [4.69, 9.17) is 11.6 Å². The van der Waals surface area contributed by atoms with Crippen LogP contribution in [0.3, 0.4) is 0 Å². The Balaban J connectivity index is 3.26. The molecule has 0 saturated carbocycles. The molecule has 52 valence electrons. The standard InChI is InChI=1S/C6H9ClO2/c1-3-6(7)4-9-5(2)8/h3,6H,1,4H2,2H3. The van der Waals surface area contributed by atoms with E-state index in [0.717, 1.165) is 0 Å². The summed E-state index contributed by atoms with van der Waals surface area (Å²) in [5.41, 5.74) is 0. The number of rotatable bonds is 3. The topological polar surface area (TPSA) is 26.3 Å². The Labute approximate surface area is 59.5 Å². The molecular formula is C6H9ClO2. The number of carbonyl (C=O) groups is 1. The molecule has 0 radical (unpaired) electrons. The number of hydrogen-bond donors (Lipinski definition) is 0. The van der Waals surface area contributed by atoms with Gasteiger partial charge in [0.25, 0.3) is 0 Å². The summed E-state index contributed by atoms with van der Waals surface area (Å²) in [6.45, 7) is 4.96. The third-order valence-corrected chi connectivity index (χ3v) is 1.01. The normalized spacial score (nSPS) is 12.2. The highest BCUT2D eigenvalue weighted by Crippen LogP contribution is 1.96. The Hall–Kier alpha value is -0.500. The second kappa shape index (κ2) is 4.39. The third-order valence-electron chi connectivity index (χ3n) is 0.702. The highest BCUT2D eigenvalue weighted by atomic mass is 35.5. The van der Waals surface area contributed by atoms with Gasteiger partial charge in [-0.3, -0.25) is 4.79 Å². The van der Waals surface area contributed by atoms with Crippen molar-refractivity contribution < 1.29 is 9.53 Å². The lowest BCUT2D eigenvalue weighted by Gasteiger charge is -2.01. The van der Waals surface area contributed by atoms with Crippen molar-refractivity contribution >= 4 is 17.6 Å². The molecule has 0 amide bonds. The maximum Gasteiger partial charge on any atom is 0.302 e. The summed E-state index contributed by atoms with van der Waals surface area (Å²) in [4.78, 5) is 10.1. The predicted octanol–water partition coefficient (Wildman–Crippen LogP) is 1.34. The van der Waals surface area contributed by atoms with Crippen LogP contribution >= 0.6 is 11.6 Å². The average Bonchev–Trinajstić information content (AvgIpc) is 1.83. The summed E-state index contributed by atoms with van der Waals surface area (Å²) in [6.07, 6.45) is 1.52. The van der Waals surface area contributed by atoms with E-state index in [-0.39, 0.29) is 18.0 Å². The van der Waals surface area contributed by atoms with E-state index >= 15 is 0 Å². The molecule has 3 heteroatoms. The van der Waals surface area contributed by atoms with Crippen molar-refractivity contribution in [2.24, 2.45) is 0 Å². The second-order valence-electron chi connectivity index (χ2n) is 1.55. The monoisotopic (exact) mass is 148 g/mol. The van der Waals surface area contributed by atoms with Crippen LogP contribution in [0.1, 0.15) is 6.92 Å². The Kier molecular flexibility index (Phi) is 4.14. The minimum absolute atomic E-state index is 0.209. The van der Waals surface area contributed by atoms with Crippen molar-refractivity contribution in [3.63, 3.8) is 0 Å². The van der Waals surface area contributed by atoms with Gasteiger partial charge in [-0.1, -0.05) is 6.08 Å². The zero-order valence-electron chi connectivity index (χ0n) is 5.26. The van der Waals surface area contributed by atoms with E-state index < -0.39 is 0 Å². The van der Waals surface area contributed by atoms with Crippen LogP contribution in [0.25, 0.3) is 0 Å². The highest BCUT2D eigenvalue weighted by Gasteiger charge is 1.99. The molecule has 0 aromatic rings. The average molecular weight is 149 g/mol. The molecular weight excluding hydrogens is 140 g/mol. The second-order valence-corrected chi connectivity index (χ2v) is 2.11. The van der Waals surface area contributed by atoms with Crippen molar-refractivity contribution in [1.29, 1.82) is 0 Å². The summed E-state index contributed by atoms with van der Waals surface area (Å²) in [6, 6.07) is 0. The zero-order chi connectivity index (χ0) is 7.28. The van der Waals surface area contributed by atoms with Crippen LogP contribution in [-0.2, 0) is 9.53 Å². The van der Waals surface area contributed by atoms with Crippen LogP contribution in [0, 0.1) is 0 Å². The number of ether oxygens (including phenoxy) is 1. The van der Waals surface area contributed by atoms with Crippen LogP contribution in [0.15, 0.2) is 12.7 Å². The fourth-order valence-corrected chi connectivity index (χ4v) is 0.328. The van der Waals surface area contributed by atoms with Gasteiger partial charge in [0.2, 0.25) is 0 Å². The number of carbonyl (C=O) groups excluding carboxylic acids is 1. The number of alkyl halides is 1. The molecule has 0 saturated heterocycles. The fraction of sp³-hybridized carbons (Fsp3) is 0.500. The van der Waals surface area contributed by atoms with Crippen molar-refractivity contribution in [3.8, 4) is 0 Å². The summed E-state index contributed by atoms with van der Waals surface area (Å²) >= 11 is 5.51. The molecule has 0 aromatic heterocycles. The van der Waals surface area contributed by atoms with Crippen molar-refractivity contribution in [3.05, 3.63) is 12.7 Å². The Morgan fingerprint density at radius 2 is 2.56 bits per heavy atom. The maximum atomic E-state index is 10.1. The SMILES string of the molecule is C=CC(Cl)COC(C)=O. The molecule has 0 fully saturated rings. The van der Waals surface area contributed by atoms with Crippen LogP contribution < -0.4 is 0 Å². The van der Waals surface area contributed by atoms with E-state index in [0.29, 0.717) is 0 Å². The molecule has 1 unspecified atom stereocenters. The summed E-state index contributed by atoms with van der Waals surface area (Å²) < 4.78 is 4.55. The summed E-state index contributed by atoms with van der Waals surface area (Å²) in [5.74, 6) is -0.317. The van der Waals surface area contributed by atoms with E-state index in [1.165, 1.54) is 13.0 Å². The number of halogens is 1. The molecule has 0 aliphatic heterocycles. The van der Waals surface area contributed by atoms with Crippen LogP contribution in [0.2, 0.25) is 0 Å². The molecule has 0 heterocycles. The smallest absolute Gasteiger partial charge is 0.302 e. The maximum absolute atomic E-state index is 10.1. The quantitative estimate of drug-likeness (QED) is 0.343. The number of hydrogen-bond acceptors (Lipinski definition) is 2. The molecule has 0 rings (SSSR count). The molecule has 0 spiro atoms. The van der Waals surface area contributed by atoms with Crippen LogP contribution in [0.4, 0.5) is 0 Å². The third kappa shape index (κ3) is 5.37. The first-order valence-corrected chi connectivity index (χ1v) is 3.00. The van der Waals surface area contributed by atoms with E-state index in [1.54, 1.807) is 0 Å². The van der Waals surface area contributed by atoms with Crippen LogP contribution in [-0.4, -0.2) is 18.0 Å². The van der Waals surface area contributed by atoms with Gasteiger partial charge in [0.15, 0.2) is 0 Å². The first-order chi connectivity index (χ1) is 4.16. The number of esters is 1. The van der Waals surface area contributed by atoms with Gasteiger partial charge in [0.05, 0.1) is 5.38 Å². The van der Waals surface area contributed by atoms with Gasteiger partial charge >= 0.3 is 5.97 Å². The Morgan fingerprint density at radius 1 is 2.00 bits per heavy atom. The molecule has 0 aromatic carbocycles. The molecule has 0 N–H and O–H groups in total. The van der Waals surface area contributed by atoms with E-state index in [1.807, 2.05) is 0 Å². The highest BCUT2D eigenvalue weighted by molar-refractivity contribution is 6.21. The largest absolute Gasteiger partial charge is 0.464 e. The van der Waals surface area contributed by atoms with Gasteiger partial charge < -0.3 is 4.74 Å². The molecule has 0 bridgehead atoms.